The number of carbonyl (C=O) groups is 1. The number of rotatable bonds is 9. The lowest BCUT2D eigenvalue weighted by molar-refractivity contribution is -0.122. The zero-order valence-corrected chi connectivity index (χ0v) is 13.4. The van der Waals surface area contributed by atoms with Crippen molar-refractivity contribution in [2.75, 3.05) is 5.33 Å². The van der Waals surface area contributed by atoms with Crippen molar-refractivity contribution < 1.29 is 4.79 Å². The van der Waals surface area contributed by atoms with Gasteiger partial charge in [0.15, 0.2) is 0 Å². The number of hydrogen-bond acceptors (Lipinski definition) is 1. The summed E-state index contributed by atoms with van der Waals surface area (Å²) in [5.41, 5.74) is 0.0687. The first kappa shape index (κ1) is 16.0. The van der Waals surface area contributed by atoms with Crippen LogP contribution in [-0.2, 0) is 4.79 Å². The molecule has 1 amide bonds. The van der Waals surface area contributed by atoms with Crippen molar-refractivity contribution in [3.05, 3.63) is 0 Å². The van der Waals surface area contributed by atoms with Crippen LogP contribution in [0.3, 0.4) is 0 Å². The molecule has 0 heterocycles. The first-order valence-corrected chi connectivity index (χ1v) is 8.71. The summed E-state index contributed by atoms with van der Waals surface area (Å²) in [5.74, 6) is 0.256. The fourth-order valence-electron chi connectivity index (χ4n) is 2.77. The second-order valence-electron chi connectivity index (χ2n) is 5.69. The van der Waals surface area contributed by atoms with Gasteiger partial charge in [0.05, 0.1) is 0 Å². The van der Waals surface area contributed by atoms with Crippen molar-refractivity contribution in [3.8, 4) is 0 Å². The lowest BCUT2D eigenvalue weighted by Crippen LogP contribution is -2.47. The van der Waals surface area contributed by atoms with Crippen LogP contribution in [0.5, 0.6) is 0 Å². The Morgan fingerprint density at radius 3 is 2.33 bits per heavy atom. The predicted octanol–water partition coefficient (Wildman–Crippen LogP) is 4.56. The molecule has 0 aliphatic heterocycles. The number of unbranched alkanes of at least 4 members (excludes halogenated alkanes) is 5. The third-order valence-electron chi connectivity index (χ3n) is 3.98. The van der Waals surface area contributed by atoms with E-state index in [0.29, 0.717) is 6.42 Å². The van der Waals surface area contributed by atoms with Gasteiger partial charge in [-0.1, -0.05) is 67.8 Å². The van der Waals surface area contributed by atoms with Crippen molar-refractivity contribution in [1.29, 1.82) is 0 Å². The molecule has 1 saturated carbocycles. The van der Waals surface area contributed by atoms with Crippen molar-refractivity contribution in [1.82, 2.24) is 5.32 Å². The largest absolute Gasteiger partial charge is 0.350 e. The molecule has 2 nitrogen and oxygen atoms in total. The van der Waals surface area contributed by atoms with Gasteiger partial charge in [0.1, 0.15) is 0 Å². The fourth-order valence-corrected chi connectivity index (χ4v) is 3.47. The van der Waals surface area contributed by atoms with Crippen LogP contribution in [0, 0.1) is 0 Å². The summed E-state index contributed by atoms with van der Waals surface area (Å²) in [6, 6.07) is 0. The van der Waals surface area contributed by atoms with Crippen LogP contribution in [0.2, 0.25) is 0 Å². The summed E-state index contributed by atoms with van der Waals surface area (Å²) in [4.78, 5) is 11.9. The summed E-state index contributed by atoms with van der Waals surface area (Å²) in [5, 5.41) is 4.16. The molecule has 0 aromatic heterocycles. The maximum absolute atomic E-state index is 11.9. The number of carbonyl (C=O) groups excluding carboxylic acids is 1. The van der Waals surface area contributed by atoms with Gasteiger partial charge < -0.3 is 5.32 Å². The average molecular weight is 318 g/mol. The van der Waals surface area contributed by atoms with Gasteiger partial charge in [0, 0.05) is 17.3 Å². The second-order valence-corrected chi connectivity index (χ2v) is 6.25. The molecule has 0 radical (unpaired) electrons. The lowest BCUT2D eigenvalue weighted by Gasteiger charge is -2.28. The molecule has 1 N–H and O–H groups in total. The smallest absolute Gasteiger partial charge is 0.220 e. The Kier molecular flexibility index (Phi) is 7.96. The lowest BCUT2D eigenvalue weighted by atomic mass is 10.00. The molecule has 0 bridgehead atoms. The Bertz CT molecular complexity index is 237. The number of hydrogen-bond donors (Lipinski definition) is 1. The topological polar surface area (TPSA) is 29.1 Å². The summed E-state index contributed by atoms with van der Waals surface area (Å²) in [7, 11) is 0. The molecule has 1 rings (SSSR count). The van der Waals surface area contributed by atoms with Gasteiger partial charge in [-0.25, -0.2) is 0 Å². The third-order valence-corrected chi connectivity index (χ3v) is 5.05. The van der Waals surface area contributed by atoms with Crippen LogP contribution in [0.4, 0.5) is 0 Å². The van der Waals surface area contributed by atoms with E-state index in [2.05, 4.69) is 28.2 Å². The summed E-state index contributed by atoms with van der Waals surface area (Å²) in [6.45, 7) is 2.23. The highest BCUT2D eigenvalue weighted by Gasteiger charge is 2.33. The van der Waals surface area contributed by atoms with Crippen molar-refractivity contribution in [3.63, 3.8) is 0 Å². The highest BCUT2D eigenvalue weighted by Crippen LogP contribution is 2.31. The molecule has 0 aromatic carbocycles. The van der Waals surface area contributed by atoms with Crippen LogP contribution >= 0.6 is 15.9 Å². The van der Waals surface area contributed by atoms with E-state index in [1.165, 1.54) is 44.9 Å². The number of nitrogens with one attached hydrogen (secondary N) is 1. The van der Waals surface area contributed by atoms with Gasteiger partial charge >= 0.3 is 0 Å². The van der Waals surface area contributed by atoms with E-state index >= 15 is 0 Å². The Hall–Kier alpha value is -0.0500. The van der Waals surface area contributed by atoms with Crippen molar-refractivity contribution >= 4 is 21.8 Å². The zero-order valence-electron chi connectivity index (χ0n) is 11.8. The average Bonchev–Trinajstić information content (AvgIpc) is 2.83. The normalized spacial score (nSPS) is 17.9. The van der Waals surface area contributed by atoms with Crippen LogP contribution in [0.25, 0.3) is 0 Å². The zero-order chi connectivity index (χ0) is 13.3. The molecule has 0 atom stereocenters. The van der Waals surface area contributed by atoms with Crippen LogP contribution < -0.4 is 5.32 Å². The van der Waals surface area contributed by atoms with Gasteiger partial charge in [-0.2, -0.15) is 0 Å². The highest BCUT2D eigenvalue weighted by atomic mass is 79.9. The Balaban J connectivity index is 2.09. The molecule has 3 heteroatoms. The standard InChI is InChI=1S/C15H28BrNO/c1-2-3-4-5-6-7-10-14(18)17-15(13-16)11-8-9-12-15/h2-13H2,1H3,(H,17,18). The minimum atomic E-state index is 0.0687. The van der Waals surface area contributed by atoms with Crippen molar-refractivity contribution in [2.45, 2.75) is 83.1 Å². The Labute approximate surface area is 120 Å². The molecular formula is C15H28BrNO. The molecule has 0 unspecified atom stereocenters. The van der Waals surface area contributed by atoms with E-state index in [9.17, 15) is 4.79 Å². The van der Waals surface area contributed by atoms with Crippen LogP contribution in [0.15, 0.2) is 0 Å². The van der Waals surface area contributed by atoms with Crippen molar-refractivity contribution in [2.24, 2.45) is 0 Å². The van der Waals surface area contributed by atoms with E-state index in [1.807, 2.05) is 0 Å². The van der Waals surface area contributed by atoms with E-state index in [4.69, 9.17) is 0 Å². The van der Waals surface area contributed by atoms with Gasteiger partial charge in [0.2, 0.25) is 5.91 Å². The van der Waals surface area contributed by atoms with Gasteiger partial charge in [-0.3, -0.25) is 4.79 Å². The van der Waals surface area contributed by atoms with Crippen LogP contribution in [-0.4, -0.2) is 16.8 Å². The molecular weight excluding hydrogens is 290 g/mol. The molecule has 1 fully saturated rings. The summed E-state index contributed by atoms with van der Waals surface area (Å²) >= 11 is 3.56. The molecule has 1 aliphatic carbocycles. The van der Waals surface area contributed by atoms with Crippen LogP contribution in [0.1, 0.15) is 77.6 Å². The monoisotopic (exact) mass is 317 g/mol. The quantitative estimate of drug-likeness (QED) is 0.490. The van der Waals surface area contributed by atoms with E-state index < -0.39 is 0 Å². The minimum Gasteiger partial charge on any atom is -0.350 e. The Morgan fingerprint density at radius 2 is 1.72 bits per heavy atom. The van der Waals surface area contributed by atoms with Gasteiger partial charge in [-0.15, -0.1) is 0 Å². The molecule has 106 valence electrons. The van der Waals surface area contributed by atoms with E-state index in [1.54, 1.807) is 0 Å². The molecule has 0 aromatic rings. The number of alkyl halides is 1. The first-order chi connectivity index (χ1) is 8.72. The number of amides is 1. The predicted molar refractivity (Wildman–Crippen MR) is 81.1 cm³/mol. The minimum absolute atomic E-state index is 0.0687. The molecule has 1 aliphatic rings. The number of halogens is 1. The second kappa shape index (κ2) is 8.95. The molecule has 0 spiro atoms. The highest BCUT2D eigenvalue weighted by molar-refractivity contribution is 9.09. The Morgan fingerprint density at radius 1 is 1.11 bits per heavy atom. The van der Waals surface area contributed by atoms with E-state index in [-0.39, 0.29) is 11.4 Å². The van der Waals surface area contributed by atoms with E-state index in [0.717, 1.165) is 24.6 Å². The molecule has 0 saturated heterocycles. The summed E-state index contributed by atoms with van der Waals surface area (Å²) in [6.07, 6.45) is 13.0. The summed E-state index contributed by atoms with van der Waals surface area (Å²) < 4.78 is 0. The van der Waals surface area contributed by atoms with Gasteiger partial charge in [0.25, 0.3) is 0 Å². The maximum Gasteiger partial charge on any atom is 0.220 e. The maximum atomic E-state index is 11.9. The first-order valence-electron chi connectivity index (χ1n) is 7.59. The fraction of sp³-hybridized carbons (Fsp3) is 0.933. The van der Waals surface area contributed by atoms with Gasteiger partial charge in [-0.05, 0) is 19.3 Å². The molecule has 18 heavy (non-hydrogen) atoms. The SMILES string of the molecule is CCCCCCCCC(=O)NC1(CBr)CCCC1. The third kappa shape index (κ3) is 5.73.